The molecule has 12 rings (SSSR count). The molecular weight excluding hydrogens is 641 g/mol. The Morgan fingerprint density at radius 2 is 1.17 bits per heavy atom. The number of furan rings is 1. The summed E-state index contributed by atoms with van der Waals surface area (Å²) in [6.45, 7) is 0.236. The molecule has 0 bridgehead atoms. The second-order valence-corrected chi connectivity index (χ2v) is 16.0. The number of nitrogens with zero attached hydrogens (tertiary/aromatic N) is 1. The molecule has 6 heteroatoms. The van der Waals surface area contributed by atoms with Gasteiger partial charge in [0.25, 0.3) is 0 Å². The van der Waals surface area contributed by atoms with E-state index in [9.17, 15) is 0 Å². The number of fused-ring (bicyclic) bond motifs is 16. The molecule has 0 amide bonds. The summed E-state index contributed by atoms with van der Waals surface area (Å²) in [7, 11) is 0. The molecule has 3 aromatic heterocycles. The van der Waals surface area contributed by atoms with E-state index in [1.54, 1.807) is 0 Å². The van der Waals surface area contributed by atoms with Gasteiger partial charge in [-0.15, -0.1) is 11.3 Å². The van der Waals surface area contributed by atoms with Gasteiger partial charge in [-0.25, -0.2) is 0 Å². The fourth-order valence-electron chi connectivity index (χ4n) is 8.39. The number of para-hydroxylation sites is 2. The van der Waals surface area contributed by atoms with Gasteiger partial charge in [0.1, 0.15) is 11.2 Å². The van der Waals surface area contributed by atoms with E-state index in [4.69, 9.17) is 4.42 Å². The molecule has 0 saturated heterocycles. The van der Waals surface area contributed by atoms with Gasteiger partial charge in [-0.05, 0) is 47.9 Å². The number of hydrogen-bond acceptors (Lipinski definition) is 4. The molecule has 2 nitrogen and oxygen atoms in total. The van der Waals surface area contributed by atoms with E-state index >= 15 is 0 Å². The van der Waals surface area contributed by atoms with Gasteiger partial charge in [0, 0.05) is 61.6 Å². The number of rotatable bonds is 1. The van der Waals surface area contributed by atoms with Gasteiger partial charge in [-0.2, -0.15) is 0 Å². The highest BCUT2D eigenvalue weighted by molar-refractivity contribution is 8.01. The first-order chi connectivity index (χ1) is 23.8. The van der Waals surface area contributed by atoms with Crippen LogP contribution in [-0.4, -0.2) is 11.3 Å². The van der Waals surface area contributed by atoms with E-state index in [0.29, 0.717) is 0 Å². The standard InChI is InChI=1S/C42H22BNOS3/c1-6-16-29-24(11-1)36-40(37-26-13-3-8-18-31(26)48-42(37)38-25-12-2-7-17-30(25)45-41(36)38)44(29)23-21-34-39-35(22-23)47-33-20-10-5-15-28(33)43(39)27-14-4-9-19-32(27)46-34/h1-22H. The third-order valence-corrected chi connectivity index (χ3v) is 13.8. The van der Waals surface area contributed by atoms with Crippen molar-refractivity contribution in [3.63, 3.8) is 0 Å². The van der Waals surface area contributed by atoms with Crippen molar-refractivity contribution in [1.82, 2.24) is 4.57 Å². The van der Waals surface area contributed by atoms with Crippen LogP contribution in [-0.2, 0) is 0 Å². The summed E-state index contributed by atoms with van der Waals surface area (Å²) in [4.78, 5) is 5.38. The second-order valence-electron chi connectivity index (χ2n) is 12.7. The van der Waals surface area contributed by atoms with Gasteiger partial charge >= 0.3 is 0 Å². The van der Waals surface area contributed by atoms with Crippen molar-refractivity contribution in [1.29, 1.82) is 0 Å². The maximum Gasteiger partial charge on any atom is 0.247 e. The van der Waals surface area contributed by atoms with Crippen LogP contribution in [0, 0.1) is 0 Å². The molecule has 0 saturated carbocycles. The Bertz CT molecular complexity index is 2940. The summed E-state index contributed by atoms with van der Waals surface area (Å²) in [5.74, 6) is 0. The molecular formula is C42H22BNOS3. The van der Waals surface area contributed by atoms with Crippen molar-refractivity contribution >= 4 is 122 Å². The number of aromatic nitrogens is 1. The summed E-state index contributed by atoms with van der Waals surface area (Å²) < 4.78 is 12.0. The minimum absolute atomic E-state index is 0.236. The zero-order valence-corrected chi connectivity index (χ0v) is 27.8. The van der Waals surface area contributed by atoms with Gasteiger partial charge in [-0.1, -0.05) is 125 Å². The summed E-state index contributed by atoms with van der Waals surface area (Å²) in [5, 5.41) is 7.41. The highest BCUT2D eigenvalue weighted by Crippen LogP contribution is 2.51. The Labute approximate surface area is 288 Å². The van der Waals surface area contributed by atoms with Crippen LogP contribution in [0.1, 0.15) is 0 Å². The van der Waals surface area contributed by atoms with Gasteiger partial charge in [0.15, 0.2) is 0 Å². The Balaban J connectivity index is 1.27. The number of thiophene rings is 1. The molecule has 10 aromatic rings. The van der Waals surface area contributed by atoms with Crippen LogP contribution in [0.5, 0.6) is 0 Å². The van der Waals surface area contributed by atoms with Gasteiger partial charge < -0.3 is 8.98 Å². The molecule has 5 heterocycles. The normalized spacial score (nSPS) is 13.6. The Morgan fingerprint density at radius 1 is 0.542 bits per heavy atom. The van der Waals surface area contributed by atoms with Crippen LogP contribution in [0.25, 0.3) is 69.6 Å². The third-order valence-electron chi connectivity index (χ3n) is 10.3. The molecule has 48 heavy (non-hydrogen) atoms. The van der Waals surface area contributed by atoms with Crippen molar-refractivity contribution in [2.45, 2.75) is 19.6 Å². The summed E-state index contributed by atoms with van der Waals surface area (Å²) in [5.41, 5.74) is 9.79. The topological polar surface area (TPSA) is 18.1 Å². The van der Waals surface area contributed by atoms with Crippen molar-refractivity contribution in [3.8, 4) is 5.69 Å². The van der Waals surface area contributed by atoms with E-state index in [2.05, 4.69) is 138 Å². The van der Waals surface area contributed by atoms with E-state index < -0.39 is 0 Å². The lowest BCUT2D eigenvalue weighted by Crippen LogP contribution is -2.58. The van der Waals surface area contributed by atoms with Crippen LogP contribution in [0.3, 0.4) is 0 Å². The summed E-state index contributed by atoms with van der Waals surface area (Å²) in [6.07, 6.45) is 0. The van der Waals surface area contributed by atoms with E-state index in [1.807, 2.05) is 34.9 Å². The maximum absolute atomic E-state index is 6.85. The van der Waals surface area contributed by atoms with Crippen molar-refractivity contribution < 1.29 is 4.42 Å². The van der Waals surface area contributed by atoms with Crippen LogP contribution in [0.4, 0.5) is 0 Å². The molecule has 0 radical (unpaired) electrons. The number of hydrogen-bond donors (Lipinski definition) is 0. The predicted octanol–water partition coefficient (Wildman–Crippen LogP) is 10.5. The van der Waals surface area contributed by atoms with Crippen molar-refractivity contribution in [2.75, 3.05) is 0 Å². The lowest BCUT2D eigenvalue weighted by molar-refractivity contribution is 0.673. The highest BCUT2D eigenvalue weighted by Gasteiger charge is 2.38. The largest absolute Gasteiger partial charge is 0.455 e. The van der Waals surface area contributed by atoms with Gasteiger partial charge in [0.2, 0.25) is 6.71 Å². The smallest absolute Gasteiger partial charge is 0.247 e. The molecule has 7 aromatic carbocycles. The Morgan fingerprint density at radius 3 is 1.94 bits per heavy atom. The molecule has 0 N–H and O–H groups in total. The molecule has 222 valence electrons. The number of benzene rings is 7. The van der Waals surface area contributed by atoms with Gasteiger partial charge in [0.05, 0.1) is 16.4 Å². The van der Waals surface area contributed by atoms with E-state index in [0.717, 1.165) is 11.2 Å². The third kappa shape index (κ3) is 3.28. The van der Waals surface area contributed by atoms with E-state index in [1.165, 1.54) is 94.4 Å². The molecule has 0 spiro atoms. The summed E-state index contributed by atoms with van der Waals surface area (Å²) in [6, 6.07) is 49.2. The molecule has 0 unspecified atom stereocenters. The van der Waals surface area contributed by atoms with Crippen LogP contribution >= 0.6 is 34.9 Å². The first kappa shape index (κ1) is 26.1. The maximum atomic E-state index is 6.85. The lowest BCUT2D eigenvalue weighted by atomic mass is 9.36. The SMILES string of the molecule is c1ccc2c(c1)Sc1cc(-n3c4ccccc4c4c5oc6ccccc6c5c5sc6ccccc6c5c43)cc3c1B2c1ccccc1S3. The average molecular weight is 664 g/mol. The molecule has 0 atom stereocenters. The van der Waals surface area contributed by atoms with Crippen LogP contribution < -0.4 is 16.4 Å². The molecule has 0 fully saturated rings. The first-order valence-electron chi connectivity index (χ1n) is 16.2. The molecule has 2 aliphatic rings. The minimum atomic E-state index is 0.236. The zero-order valence-electron chi connectivity index (χ0n) is 25.4. The first-order valence-corrected chi connectivity index (χ1v) is 18.7. The van der Waals surface area contributed by atoms with Crippen LogP contribution in [0.2, 0.25) is 0 Å². The highest BCUT2D eigenvalue weighted by atomic mass is 32.2. The lowest BCUT2D eigenvalue weighted by Gasteiger charge is -2.33. The van der Waals surface area contributed by atoms with Crippen molar-refractivity contribution in [2.24, 2.45) is 0 Å². The predicted molar refractivity (Wildman–Crippen MR) is 207 cm³/mol. The quantitative estimate of drug-likeness (QED) is 0.163. The van der Waals surface area contributed by atoms with E-state index in [-0.39, 0.29) is 6.71 Å². The fraction of sp³-hybridized carbons (Fsp3) is 0. The zero-order chi connectivity index (χ0) is 31.1. The average Bonchev–Trinajstić information content (AvgIpc) is 3.81. The monoisotopic (exact) mass is 663 g/mol. The summed E-state index contributed by atoms with van der Waals surface area (Å²) >= 11 is 5.72. The van der Waals surface area contributed by atoms with Crippen molar-refractivity contribution in [3.05, 3.63) is 133 Å². The second kappa shape index (κ2) is 9.39. The molecule has 0 aliphatic carbocycles. The van der Waals surface area contributed by atoms with Gasteiger partial charge in [-0.3, -0.25) is 0 Å². The minimum Gasteiger partial charge on any atom is -0.455 e. The van der Waals surface area contributed by atoms with Crippen LogP contribution in [0.15, 0.2) is 157 Å². The Kier molecular flexibility index (Phi) is 5.11. The molecule has 2 aliphatic heterocycles. The Hall–Kier alpha value is -4.88. The fourth-order valence-corrected chi connectivity index (χ4v) is 12.1.